The molecule has 1 aliphatic rings. The molecule has 0 aliphatic carbocycles. The van der Waals surface area contributed by atoms with Crippen molar-refractivity contribution < 1.29 is 13.5 Å². The Labute approximate surface area is 111 Å². The van der Waals surface area contributed by atoms with Gasteiger partial charge in [0.2, 0.25) is 0 Å². The van der Waals surface area contributed by atoms with Crippen LogP contribution < -0.4 is 0 Å². The minimum absolute atomic E-state index is 0.228. The fraction of sp³-hybridized carbons (Fsp3) is 1.00. The summed E-state index contributed by atoms with van der Waals surface area (Å²) >= 11 is 0. The summed E-state index contributed by atoms with van der Waals surface area (Å²) in [6, 6.07) is 0.450. The van der Waals surface area contributed by atoms with Crippen LogP contribution in [0, 0.1) is 0 Å². The molecule has 0 radical (unpaired) electrons. The molecular weight excluding hydrogens is 250 g/mol. The predicted molar refractivity (Wildman–Crippen MR) is 74.5 cm³/mol. The SMILES string of the molecule is CC(C)S(=O)(=O)CCCN1CCCCC1CCO. The highest BCUT2D eigenvalue weighted by atomic mass is 32.2. The van der Waals surface area contributed by atoms with E-state index in [2.05, 4.69) is 4.90 Å². The number of rotatable bonds is 7. The van der Waals surface area contributed by atoms with Gasteiger partial charge in [-0.15, -0.1) is 0 Å². The van der Waals surface area contributed by atoms with Crippen molar-refractivity contribution >= 4 is 9.84 Å². The molecule has 0 aromatic carbocycles. The zero-order valence-electron chi connectivity index (χ0n) is 11.6. The topological polar surface area (TPSA) is 57.6 Å². The molecule has 18 heavy (non-hydrogen) atoms. The van der Waals surface area contributed by atoms with Crippen LogP contribution in [0.1, 0.15) is 46.0 Å². The van der Waals surface area contributed by atoms with Gasteiger partial charge in [0.15, 0.2) is 9.84 Å². The molecule has 1 heterocycles. The van der Waals surface area contributed by atoms with Gasteiger partial charge in [-0.1, -0.05) is 6.42 Å². The molecule has 1 unspecified atom stereocenters. The van der Waals surface area contributed by atoms with Gasteiger partial charge in [-0.2, -0.15) is 0 Å². The molecule has 5 heteroatoms. The van der Waals surface area contributed by atoms with Crippen molar-refractivity contribution in [2.75, 3.05) is 25.4 Å². The molecule has 1 fully saturated rings. The van der Waals surface area contributed by atoms with Crippen LogP contribution in [0.2, 0.25) is 0 Å². The van der Waals surface area contributed by atoms with Crippen molar-refractivity contribution in [1.29, 1.82) is 0 Å². The molecule has 1 saturated heterocycles. The maximum Gasteiger partial charge on any atom is 0.152 e. The number of aliphatic hydroxyl groups excluding tert-OH is 1. The minimum atomic E-state index is -2.90. The highest BCUT2D eigenvalue weighted by Crippen LogP contribution is 2.19. The Bertz CT molecular complexity index is 325. The van der Waals surface area contributed by atoms with Crippen molar-refractivity contribution in [1.82, 2.24) is 4.90 Å². The van der Waals surface area contributed by atoms with Crippen LogP contribution in [0.3, 0.4) is 0 Å². The van der Waals surface area contributed by atoms with E-state index < -0.39 is 9.84 Å². The summed E-state index contributed by atoms with van der Waals surface area (Å²) in [4.78, 5) is 2.36. The lowest BCUT2D eigenvalue weighted by atomic mass is 9.99. The van der Waals surface area contributed by atoms with E-state index in [4.69, 9.17) is 5.11 Å². The zero-order chi connectivity index (χ0) is 13.6. The Morgan fingerprint density at radius 3 is 2.67 bits per heavy atom. The number of aliphatic hydroxyl groups is 1. The molecule has 4 nitrogen and oxygen atoms in total. The molecule has 0 aromatic heterocycles. The van der Waals surface area contributed by atoms with E-state index in [1.54, 1.807) is 13.8 Å². The van der Waals surface area contributed by atoms with Gasteiger partial charge in [-0.25, -0.2) is 8.42 Å². The number of likely N-dealkylation sites (tertiary alicyclic amines) is 1. The second-order valence-electron chi connectivity index (χ2n) is 5.47. The predicted octanol–water partition coefficient (Wildman–Crippen LogP) is 1.44. The normalized spacial score (nSPS) is 22.6. The molecule has 1 atom stereocenters. The van der Waals surface area contributed by atoms with Crippen LogP contribution >= 0.6 is 0 Å². The first-order valence-electron chi connectivity index (χ1n) is 7.04. The van der Waals surface area contributed by atoms with Crippen LogP contribution in [0.25, 0.3) is 0 Å². The number of hydrogen-bond acceptors (Lipinski definition) is 4. The summed E-state index contributed by atoms with van der Waals surface area (Å²) in [5.74, 6) is 0.285. The number of hydrogen-bond donors (Lipinski definition) is 1. The van der Waals surface area contributed by atoms with E-state index in [1.807, 2.05) is 0 Å². The van der Waals surface area contributed by atoms with E-state index >= 15 is 0 Å². The van der Waals surface area contributed by atoms with E-state index in [1.165, 1.54) is 12.8 Å². The van der Waals surface area contributed by atoms with Crippen LogP contribution in [-0.2, 0) is 9.84 Å². The fourth-order valence-electron chi connectivity index (χ4n) is 2.53. The average molecular weight is 277 g/mol. The highest BCUT2D eigenvalue weighted by Gasteiger charge is 2.22. The van der Waals surface area contributed by atoms with E-state index in [-0.39, 0.29) is 17.6 Å². The molecule has 1 aliphatic heterocycles. The van der Waals surface area contributed by atoms with Gasteiger partial charge in [0.05, 0.1) is 11.0 Å². The lowest BCUT2D eigenvalue weighted by molar-refractivity contribution is 0.119. The number of nitrogens with zero attached hydrogens (tertiary/aromatic N) is 1. The largest absolute Gasteiger partial charge is 0.396 e. The molecule has 0 amide bonds. The van der Waals surface area contributed by atoms with Crippen LogP contribution in [0.15, 0.2) is 0 Å². The first kappa shape index (κ1) is 15.9. The molecule has 1 rings (SSSR count). The third-order valence-electron chi connectivity index (χ3n) is 3.80. The third-order valence-corrected chi connectivity index (χ3v) is 6.10. The zero-order valence-corrected chi connectivity index (χ0v) is 12.5. The third kappa shape index (κ3) is 4.86. The maximum absolute atomic E-state index is 11.7. The first-order chi connectivity index (χ1) is 8.47. The van der Waals surface area contributed by atoms with Crippen molar-refractivity contribution in [2.45, 2.75) is 57.2 Å². The van der Waals surface area contributed by atoms with E-state index in [9.17, 15) is 8.42 Å². The van der Waals surface area contributed by atoms with Crippen molar-refractivity contribution in [3.8, 4) is 0 Å². The lowest BCUT2D eigenvalue weighted by Crippen LogP contribution is -2.41. The number of sulfone groups is 1. The van der Waals surface area contributed by atoms with Crippen LogP contribution in [0.4, 0.5) is 0 Å². The van der Waals surface area contributed by atoms with Crippen molar-refractivity contribution in [3.63, 3.8) is 0 Å². The first-order valence-corrected chi connectivity index (χ1v) is 8.75. The highest BCUT2D eigenvalue weighted by molar-refractivity contribution is 7.91. The standard InChI is InChI=1S/C13H27NO3S/c1-12(2)18(16,17)11-5-9-14-8-4-3-6-13(14)7-10-15/h12-13,15H,3-11H2,1-2H3. The Morgan fingerprint density at radius 1 is 1.33 bits per heavy atom. The molecule has 0 aromatic rings. The Morgan fingerprint density at radius 2 is 2.06 bits per heavy atom. The van der Waals surface area contributed by atoms with E-state index in [0.29, 0.717) is 12.5 Å². The number of piperidine rings is 1. The molecule has 0 spiro atoms. The molecule has 1 N–H and O–H groups in total. The van der Waals surface area contributed by atoms with Gasteiger partial charge >= 0.3 is 0 Å². The monoisotopic (exact) mass is 277 g/mol. The van der Waals surface area contributed by atoms with Gasteiger partial charge in [0, 0.05) is 12.6 Å². The van der Waals surface area contributed by atoms with Gasteiger partial charge in [0.25, 0.3) is 0 Å². The van der Waals surface area contributed by atoms with Crippen LogP contribution in [0.5, 0.6) is 0 Å². The second-order valence-corrected chi connectivity index (χ2v) is 8.14. The summed E-state index contributed by atoms with van der Waals surface area (Å²) in [6.45, 7) is 5.60. The van der Waals surface area contributed by atoms with Gasteiger partial charge < -0.3 is 10.0 Å². The fourth-order valence-corrected chi connectivity index (χ4v) is 3.54. The summed E-state index contributed by atoms with van der Waals surface area (Å²) < 4.78 is 23.4. The van der Waals surface area contributed by atoms with Crippen molar-refractivity contribution in [3.05, 3.63) is 0 Å². The Hall–Kier alpha value is -0.130. The van der Waals surface area contributed by atoms with Gasteiger partial charge in [-0.05, 0) is 52.6 Å². The average Bonchev–Trinajstić information content (AvgIpc) is 2.31. The molecule has 0 bridgehead atoms. The molecular formula is C13H27NO3S. The molecule has 0 saturated carbocycles. The summed E-state index contributed by atoms with van der Waals surface area (Å²) in [5, 5.41) is 8.77. The summed E-state index contributed by atoms with van der Waals surface area (Å²) in [7, 11) is -2.90. The Balaban J connectivity index is 2.37. The molecule has 108 valence electrons. The summed E-state index contributed by atoms with van der Waals surface area (Å²) in [5.41, 5.74) is 0. The second kappa shape index (κ2) is 7.46. The lowest BCUT2D eigenvalue weighted by Gasteiger charge is -2.35. The van der Waals surface area contributed by atoms with Gasteiger partial charge in [-0.3, -0.25) is 0 Å². The van der Waals surface area contributed by atoms with E-state index in [0.717, 1.165) is 25.9 Å². The maximum atomic E-state index is 11.7. The van der Waals surface area contributed by atoms with Crippen LogP contribution in [-0.4, -0.2) is 55.2 Å². The van der Waals surface area contributed by atoms with Gasteiger partial charge in [0.1, 0.15) is 0 Å². The quantitative estimate of drug-likeness (QED) is 0.765. The Kier molecular flexibility index (Phi) is 6.60. The van der Waals surface area contributed by atoms with Crippen molar-refractivity contribution in [2.24, 2.45) is 0 Å². The summed E-state index contributed by atoms with van der Waals surface area (Å²) in [6.07, 6.45) is 5.08. The smallest absolute Gasteiger partial charge is 0.152 e. The minimum Gasteiger partial charge on any atom is -0.396 e.